The van der Waals surface area contributed by atoms with Gasteiger partial charge in [-0.15, -0.1) is 0 Å². The van der Waals surface area contributed by atoms with Crippen LogP contribution in [-0.4, -0.2) is 25.2 Å². The maximum atomic E-state index is 12.0. The first-order valence-electron chi connectivity index (χ1n) is 10.5. The zero-order chi connectivity index (χ0) is 20.2. The molecule has 1 aromatic carbocycles. The number of rotatable bonds is 9. The predicted molar refractivity (Wildman–Crippen MR) is 112 cm³/mol. The number of unbranched alkanes of at least 4 members (excludes halogenated alkanes) is 2. The number of esters is 2. The van der Waals surface area contributed by atoms with E-state index in [-0.39, 0.29) is 11.9 Å². The predicted octanol–water partition coefficient (Wildman–Crippen LogP) is 5.19. The molecule has 1 aromatic rings. The summed E-state index contributed by atoms with van der Waals surface area (Å²) >= 11 is 0. The van der Waals surface area contributed by atoms with Crippen LogP contribution in [0.4, 0.5) is 0 Å². The largest absolute Gasteiger partial charge is 0.463 e. The van der Waals surface area contributed by atoms with Gasteiger partial charge in [-0.05, 0) is 87.5 Å². The van der Waals surface area contributed by atoms with Crippen molar-refractivity contribution in [3.05, 3.63) is 53.1 Å². The second-order valence-corrected chi connectivity index (χ2v) is 6.98. The second kappa shape index (κ2) is 12.2. The molecule has 0 bridgehead atoms. The van der Waals surface area contributed by atoms with Crippen molar-refractivity contribution in [2.24, 2.45) is 0 Å². The fourth-order valence-corrected chi connectivity index (χ4v) is 3.66. The molecular weight excluding hydrogens is 352 g/mol. The first-order chi connectivity index (χ1) is 13.7. The maximum Gasteiger partial charge on any atom is 0.331 e. The van der Waals surface area contributed by atoms with Crippen LogP contribution in [0.1, 0.15) is 69.1 Å². The van der Waals surface area contributed by atoms with E-state index in [1.807, 2.05) is 13.0 Å². The van der Waals surface area contributed by atoms with Gasteiger partial charge >= 0.3 is 11.9 Å². The van der Waals surface area contributed by atoms with Crippen LogP contribution in [0.3, 0.4) is 0 Å². The van der Waals surface area contributed by atoms with E-state index < -0.39 is 0 Å². The molecule has 2 rings (SSSR count). The summed E-state index contributed by atoms with van der Waals surface area (Å²) in [6.07, 6.45) is 13.2. The number of hydrogen-bond donors (Lipinski definition) is 0. The Hall–Kier alpha value is -2.36. The lowest BCUT2D eigenvalue weighted by molar-refractivity contribution is -0.138. The summed E-state index contributed by atoms with van der Waals surface area (Å²) in [5.41, 5.74) is 5.02. The van der Waals surface area contributed by atoms with Crippen molar-refractivity contribution in [3.8, 4) is 0 Å². The number of fused-ring (bicyclic) bond motifs is 1. The Balaban J connectivity index is 2.04. The summed E-state index contributed by atoms with van der Waals surface area (Å²) in [7, 11) is 0. The molecule has 0 aromatic heterocycles. The molecule has 0 aliphatic heterocycles. The molecule has 0 N–H and O–H groups in total. The molecule has 152 valence electrons. The lowest BCUT2D eigenvalue weighted by atomic mass is 9.90. The van der Waals surface area contributed by atoms with E-state index in [4.69, 9.17) is 9.47 Å². The lowest BCUT2D eigenvalue weighted by Gasteiger charge is -2.15. The van der Waals surface area contributed by atoms with Crippen LogP contribution in [-0.2, 0) is 31.9 Å². The number of aryl methyl sites for hydroxylation is 2. The molecule has 0 atom stereocenters. The van der Waals surface area contributed by atoms with Crippen molar-refractivity contribution < 1.29 is 19.1 Å². The zero-order valence-electron chi connectivity index (χ0n) is 17.2. The fourth-order valence-electron chi connectivity index (χ4n) is 3.66. The monoisotopic (exact) mass is 384 g/mol. The van der Waals surface area contributed by atoms with Crippen LogP contribution in [0, 0.1) is 0 Å². The van der Waals surface area contributed by atoms with Gasteiger partial charge in [0.05, 0.1) is 13.2 Å². The summed E-state index contributed by atoms with van der Waals surface area (Å²) in [5, 5.41) is 0. The number of benzene rings is 1. The molecule has 0 fully saturated rings. The topological polar surface area (TPSA) is 52.6 Å². The first kappa shape index (κ1) is 21.9. The van der Waals surface area contributed by atoms with Crippen LogP contribution < -0.4 is 0 Å². The highest BCUT2D eigenvalue weighted by Crippen LogP contribution is 2.33. The average molecular weight is 385 g/mol. The zero-order valence-corrected chi connectivity index (χ0v) is 17.2. The summed E-state index contributed by atoms with van der Waals surface area (Å²) < 4.78 is 10.0. The van der Waals surface area contributed by atoms with Gasteiger partial charge in [0.25, 0.3) is 0 Å². The van der Waals surface area contributed by atoms with Gasteiger partial charge in [-0.25, -0.2) is 9.59 Å². The average Bonchev–Trinajstić information content (AvgIpc) is 2.88. The quantitative estimate of drug-likeness (QED) is 0.254. The van der Waals surface area contributed by atoms with E-state index in [0.717, 1.165) is 56.9 Å². The van der Waals surface area contributed by atoms with E-state index in [9.17, 15) is 9.59 Å². The molecule has 1 aliphatic rings. The molecule has 0 radical (unpaired) electrons. The molecule has 0 saturated heterocycles. The molecule has 0 heterocycles. The van der Waals surface area contributed by atoms with Crippen LogP contribution in [0.2, 0.25) is 0 Å². The Kier molecular flexibility index (Phi) is 9.53. The third-order valence-electron chi connectivity index (χ3n) is 4.89. The second-order valence-electron chi connectivity index (χ2n) is 6.98. The molecule has 0 amide bonds. The highest BCUT2D eigenvalue weighted by Gasteiger charge is 2.17. The van der Waals surface area contributed by atoms with Crippen LogP contribution in [0.15, 0.2) is 36.4 Å². The number of carbonyl (C=O) groups excluding carboxylic acids is 2. The van der Waals surface area contributed by atoms with Crippen LogP contribution in [0.5, 0.6) is 0 Å². The fraction of sp³-hybridized carbons (Fsp3) is 0.500. The van der Waals surface area contributed by atoms with E-state index in [0.29, 0.717) is 13.2 Å². The highest BCUT2D eigenvalue weighted by atomic mass is 16.5. The molecule has 4 nitrogen and oxygen atoms in total. The number of hydrogen-bond acceptors (Lipinski definition) is 4. The third kappa shape index (κ3) is 6.99. The minimum Gasteiger partial charge on any atom is -0.463 e. The lowest BCUT2D eigenvalue weighted by Crippen LogP contribution is -2.03. The Labute approximate surface area is 168 Å². The molecule has 4 heteroatoms. The first-order valence-corrected chi connectivity index (χ1v) is 10.5. The number of ether oxygens (including phenoxy) is 2. The summed E-state index contributed by atoms with van der Waals surface area (Å²) in [6.45, 7) is 4.44. The Morgan fingerprint density at radius 2 is 1.75 bits per heavy atom. The van der Waals surface area contributed by atoms with Crippen molar-refractivity contribution in [1.82, 2.24) is 0 Å². The molecular formula is C24H32O4. The molecule has 0 unspecified atom stereocenters. The van der Waals surface area contributed by atoms with Gasteiger partial charge in [0.1, 0.15) is 0 Å². The third-order valence-corrected chi connectivity index (χ3v) is 4.89. The van der Waals surface area contributed by atoms with Crippen LogP contribution in [0.25, 0.3) is 5.57 Å². The van der Waals surface area contributed by atoms with E-state index >= 15 is 0 Å². The van der Waals surface area contributed by atoms with Gasteiger partial charge in [0, 0.05) is 12.2 Å². The summed E-state index contributed by atoms with van der Waals surface area (Å²) in [6, 6.07) is 6.49. The minimum absolute atomic E-state index is 0.246. The molecule has 0 saturated carbocycles. The van der Waals surface area contributed by atoms with Crippen molar-refractivity contribution >= 4 is 17.5 Å². The van der Waals surface area contributed by atoms with E-state index in [1.165, 1.54) is 22.8 Å². The van der Waals surface area contributed by atoms with Crippen molar-refractivity contribution in [3.63, 3.8) is 0 Å². The van der Waals surface area contributed by atoms with Gasteiger partial charge in [0.15, 0.2) is 0 Å². The normalized spacial score (nSPS) is 15.3. The van der Waals surface area contributed by atoms with E-state index in [1.54, 1.807) is 13.0 Å². The van der Waals surface area contributed by atoms with Crippen molar-refractivity contribution in [1.29, 1.82) is 0 Å². The molecule has 0 spiro atoms. The minimum atomic E-state index is -0.273. The Morgan fingerprint density at radius 3 is 2.54 bits per heavy atom. The van der Waals surface area contributed by atoms with E-state index in [2.05, 4.69) is 18.2 Å². The SMILES string of the molecule is CCOC(=O)/C=C/CCCCc1cccc2c1/C(=C/C(=O)OCC)CCCC2. The number of allylic oxidation sites excluding steroid dienone is 2. The van der Waals surface area contributed by atoms with Gasteiger partial charge in [-0.3, -0.25) is 0 Å². The summed E-state index contributed by atoms with van der Waals surface area (Å²) in [4.78, 5) is 23.3. The van der Waals surface area contributed by atoms with Crippen LogP contribution >= 0.6 is 0 Å². The Morgan fingerprint density at radius 1 is 1.00 bits per heavy atom. The van der Waals surface area contributed by atoms with Gasteiger partial charge in [0.2, 0.25) is 0 Å². The van der Waals surface area contributed by atoms with Gasteiger partial charge < -0.3 is 9.47 Å². The smallest absolute Gasteiger partial charge is 0.331 e. The maximum absolute atomic E-state index is 12.0. The van der Waals surface area contributed by atoms with Gasteiger partial charge in [-0.1, -0.05) is 24.3 Å². The van der Waals surface area contributed by atoms with Crippen molar-refractivity contribution in [2.75, 3.05) is 13.2 Å². The molecule has 28 heavy (non-hydrogen) atoms. The van der Waals surface area contributed by atoms with Gasteiger partial charge in [-0.2, -0.15) is 0 Å². The standard InChI is InChI=1S/C24H32O4/c1-3-27-22(25)17-8-6-5-7-12-19-15-11-16-20-13-9-10-14-21(24(19)20)18-23(26)28-4-2/h8,11,15-18H,3-7,9-10,12-14H2,1-2H3/b17-8+,21-18+. The Bertz CT molecular complexity index is 715. The van der Waals surface area contributed by atoms with Crippen molar-refractivity contribution in [2.45, 2.75) is 65.2 Å². The summed E-state index contributed by atoms with van der Waals surface area (Å²) in [5.74, 6) is -0.520. The molecule has 1 aliphatic carbocycles. The number of carbonyl (C=O) groups is 2. The highest BCUT2D eigenvalue weighted by molar-refractivity contribution is 5.92.